The zero-order chi connectivity index (χ0) is 26.8. The predicted octanol–water partition coefficient (Wildman–Crippen LogP) is 4.35. The number of benzene rings is 2. The lowest BCUT2D eigenvalue weighted by Crippen LogP contribution is -2.51. The van der Waals surface area contributed by atoms with Crippen LogP contribution >= 0.6 is 11.8 Å². The van der Waals surface area contributed by atoms with E-state index in [4.69, 9.17) is 5.26 Å². The minimum atomic E-state index is -0.445. The van der Waals surface area contributed by atoms with Gasteiger partial charge in [0.2, 0.25) is 5.91 Å². The molecule has 0 atom stereocenters. The van der Waals surface area contributed by atoms with E-state index in [-0.39, 0.29) is 12.5 Å². The van der Waals surface area contributed by atoms with Gasteiger partial charge in [-0.25, -0.2) is 0 Å². The summed E-state index contributed by atoms with van der Waals surface area (Å²) in [5, 5.41) is 8.63. The molecule has 2 saturated heterocycles. The molecule has 2 fully saturated rings. The van der Waals surface area contributed by atoms with Crippen molar-refractivity contribution in [3.8, 4) is 11.8 Å². The Morgan fingerprint density at radius 3 is 2.32 bits per heavy atom. The van der Waals surface area contributed by atoms with Crippen molar-refractivity contribution < 1.29 is 14.4 Å². The molecule has 9 heteroatoms. The first kappa shape index (κ1) is 25.4. The van der Waals surface area contributed by atoms with Crippen LogP contribution in [0.2, 0.25) is 0 Å². The number of anilines is 1. The Balaban J connectivity index is 1.26. The first-order valence-electron chi connectivity index (χ1n) is 12.4. The largest absolute Gasteiger partial charge is 0.368 e. The van der Waals surface area contributed by atoms with E-state index < -0.39 is 11.1 Å². The Bertz CT molecular complexity index is 1460. The van der Waals surface area contributed by atoms with Crippen LogP contribution < -0.4 is 4.90 Å². The number of amides is 3. The van der Waals surface area contributed by atoms with Crippen LogP contribution in [-0.4, -0.2) is 64.1 Å². The summed E-state index contributed by atoms with van der Waals surface area (Å²) in [4.78, 5) is 44.1. The van der Waals surface area contributed by atoms with Crippen LogP contribution in [-0.2, 0) is 9.59 Å². The lowest BCUT2D eigenvalue weighted by atomic mass is 10.2. The van der Waals surface area contributed by atoms with Crippen LogP contribution in [0.3, 0.4) is 0 Å². The zero-order valence-corrected chi connectivity index (χ0v) is 22.1. The fraction of sp³-hybridized carbons (Fsp3) is 0.241. The summed E-state index contributed by atoms with van der Waals surface area (Å²) >= 11 is 0.862. The molecule has 38 heavy (non-hydrogen) atoms. The third-order valence-corrected chi connectivity index (χ3v) is 7.84. The van der Waals surface area contributed by atoms with Gasteiger partial charge in [-0.05, 0) is 79.7 Å². The third-order valence-electron chi connectivity index (χ3n) is 6.93. The number of piperazine rings is 1. The first-order valence-corrected chi connectivity index (χ1v) is 13.2. The summed E-state index contributed by atoms with van der Waals surface area (Å²) in [6, 6.07) is 21.4. The summed E-state index contributed by atoms with van der Waals surface area (Å²) in [5.74, 6) is -0.667. The predicted molar refractivity (Wildman–Crippen MR) is 148 cm³/mol. The van der Waals surface area contributed by atoms with Crippen molar-refractivity contribution in [2.75, 3.05) is 37.6 Å². The number of nitriles is 1. The number of imide groups is 1. The second-order valence-electron chi connectivity index (χ2n) is 9.29. The maximum absolute atomic E-state index is 13.1. The van der Waals surface area contributed by atoms with Gasteiger partial charge in [-0.1, -0.05) is 18.2 Å². The fourth-order valence-corrected chi connectivity index (χ4v) is 5.71. The van der Waals surface area contributed by atoms with E-state index in [0.29, 0.717) is 36.6 Å². The van der Waals surface area contributed by atoms with Gasteiger partial charge in [0.25, 0.3) is 11.1 Å². The van der Waals surface area contributed by atoms with E-state index in [2.05, 4.69) is 11.0 Å². The highest BCUT2D eigenvalue weighted by atomic mass is 32.2. The van der Waals surface area contributed by atoms with Gasteiger partial charge in [0.1, 0.15) is 6.54 Å². The van der Waals surface area contributed by atoms with E-state index in [1.54, 1.807) is 23.1 Å². The van der Waals surface area contributed by atoms with E-state index in [0.717, 1.165) is 45.0 Å². The Morgan fingerprint density at radius 2 is 1.66 bits per heavy atom. The molecular weight excluding hydrogens is 498 g/mol. The highest BCUT2D eigenvalue weighted by Crippen LogP contribution is 2.34. The molecule has 3 heterocycles. The molecule has 0 radical (unpaired) electrons. The summed E-state index contributed by atoms with van der Waals surface area (Å²) in [7, 11) is 0. The van der Waals surface area contributed by atoms with E-state index >= 15 is 0 Å². The average Bonchev–Trinajstić information content (AvgIpc) is 3.37. The van der Waals surface area contributed by atoms with Gasteiger partial charge in [-0.3, -0.25) is 19.3 Å². The van der Waals surface area contributed by atoms with Crippen LogP contribution in [0.4, 0.5) is 10.5 Å². The fourth-order valence-electron chi connectivity index (χ4n) is 4.88. The molecule has 0 unspecified atom stereocenters. The highest BCUT2D eigenvalue weighted by Gasteiger charge is 2.37. The summed E-state index contributed by atoms with van der Waals surface area (Å²) in [5.41, 5.74) is 5.30. The second-order valence-corrected chi connectivity index (χ2v) is 10.3. The highest BCUT2D eigenvalue weighted by molar-refractivity contribution is 8.18. The third kappa shape index (κ3) is 4.95. The van der Waals surface area contributed by atoms with Crippen LogP contribution in [0.25, 0.3) is 11.8 Å². The molecule has 3 amide bonds. The SMILES string of the molecule is Cc1cc(/C=C2/SC(=O)N(CC(=O)N3CCN(c4ccccc4)CC3)C2=O)c(C)n1-c1ccc(C#N)cc1. The van der Waals surface area contributed by atoms with E-state index in [1.807, 2.05) is 66.9 Å². The molecule has 3 aromatic rings. The smallest absolute Gasteiger partial charge is 0.294 e. The Kier molecular flexibility index (Phi) is 7.07. The number of thioether (sulfide) groups is 1. The molecule has 2 aliphatic heterocycles. The average molecular weight is 526 g/mol. The minimum absolute atomic E-state index is 0.222. The number of carbonyl (C=O) groups excluding carboxylic acids is 3. The second kappa shape index (κ2) is 10.6. The Labute approximate surface area is 225 Å². The van der Waals surface area contributed by atoms with Crippen molar-refractivity contribution in [2.45, 2.75) is 13.8 Å². The van der Waals surface area contributed by atoms with Crippen LogP contribution in [0.1, 0.15) is 22.5 Å². The van der Waals surface area contributed by atoms with Gasteiger partial charge in [0, 0.05) is 48.9 Å². The van der Waals surface area contributed by atoms with Gasteiger partial charge in [0.15, 0.2) is 0 Å². The number of para-hydroxylation sites is 1. The maximum atomic E-state index is 13.1. The molecule has 2 aromatic carbocycles. The molecule has 0 saturated carbocycles. The van der Waals surface area contributed by atoms with Crippen molar-refractivity contribution >= 4 is 40.6 Å². The molecular formula is C29H27N5O3S. The molecule has 0 N–H and O–H groups in total. The number of hydrogen-bond acceptors (Lipinski definition) is 6. The number of aromatic nitrogens is 1. The summed E-state index contributed by atoms with van der Waals surface area (Å²) in [6.45, 7) is 6.14. The van der Waals surface area contributed by atoms with Crippen molar-refractivity contribution in [1.29, 1.82) is 5.26 Å². The van der Waals surface area contributed by atoms with Gasteiger partial charge < -0.3 is 14.4 Å². The molecule has 192 valence electrons. The molecule has 5 rings (SSSR count). The number of hydrogen-bond donors (Lipinski definition) is 0. The number of nitrogens with zero attached hydrogens (tertiary/aromatic N) is 5. The molecule has 8 nitrogen and oxygen atoms in total. The lowest BCUT2D eigenvalue weighted by Gasteiger charge is -2.36. The molecule has 1 aromatic heterocycles. The Morgan fingerprint density at radius 1 is 0.974 bits per heavy atom. The van der Waals surface area contributed by atoms with Gasteiger partial charge in [-0.15, -0.1) is 0 Å². The van der Waals surface area contributed by atoms with Crippen LogP contribution in [0.5, 0.6) is 0 Å². The first-order chi connectivity index (χ1) is 18.4. The van der Waals surface area contributed by atoms with Gasteiger partial charge >= 0.3 is 0 Å². The maximum Gasteiger partial charge on any atom is 0.294 e. The van der Waals surface area contributed by atoms with Crippen molar-refractivity contribution in [3.63, 3.8) is 0 Å². The number of carbonyl (C=O) groups is 3. The molecule has 0 bridgehead atoms. The van der Waals surface area contributed by atoms with E-state index in [1.165, 1.54) is 0 Å². The molecule has 0 spiro atoms. The topological polar surface area (TPSA) is 89.7 Å². The minimum Gasteiger partial charge on any atom is -0.368 e. The lowest BCUT2D eigenvalue weighted by molar-refractivity contribution is -0.136. The zero-order valence-electron chi connectivity index (χ0n) is 21.3. The van der Waals surface area contributed by atoms with Crippen LogP contribution in [0, 0.1) is 25.2 Å². The van der Waals surface area contributed by atoms with Crippen LogP contribution in [0.15, 0.2) is 65.6 Å². The van der Waals surface area contributed by atoms with Gasteiger partial charge in [0.05, 0.1) is 16.5 Å². The Hall–Kier alpha value is -4.29. The summed E-state index contributed by atoms with van der Waals surface area (Å²) < 4.78 is 2.04. The van der Waals surface area contributed by atoms with Crippen molar-refractivity contribution in [3.05, 3.63) is 88.1 Å². The van der Waals surface area contributed by atoms with Crippen molar-refractivity contribution in [2.24, 2.45) is 0 Å². The monoisotopic (exact) mass is 525 g/mol. The molecule has 0 aliphatic carbocycles. The summed E-state index contributed by atoms with van der Waals surface area (Å²) in [6.07, 6.45) is 1.72. The normalized spacial score (nSPS) is 16.9. The quantitative estimate of drug-likeness (QED) is 0.460. The molecule has 2 aliphatic rings. The van der Waals surface area contributed by atoms with Crippen molar-refractivity contribution in [1.82, 2.24) is 14.4 Å². The standard InChI is InChI=1S/C29H27N5O3S/c1-20-16-23(21(2)34(20)25-10-8-22(18-30)9-11-25)17-26-28(36)33(29(37)38-26)19-27(35)32-14-12-31(13-15-32)24-6-4-3-5-7-24/h3-11,16-17H,12-15,19H2,1-2H3/b26-17+. The van der Waals surface area contributed by atoms with Gasteiger partial charge in [-0.2, -0.15) is 5.26 Å². The number of aryl methyl sites for hydroxylation is 1. The van der Waals surface area contributed by atoms with E-state index in [9.17, 15) is 14.4 Å². The number of rotatable bonds is 5.